The molecule has 0 bridgehead atoms. The molecule has 2 aromatic rings. The van der Waals surface area contributed by atoms with Gasteiger partial charge in [-0.25, -0.2) is 8.42 Å². The molecular formula is C21H28N4O3S. The highest BCUT2D eigenvalue weighted by Gasteiger charge is 2.33. The predicted octanol–water partition coefficient (Wildman–Crippen LogP) is 1.75. The van der Waals surface area contributed by atoms with Gasteiger partial charge in [-0.3, -0.25) is 9.48 Å². The van der Waals surface area contributed by atoms with Crippen molar-refractivity contribution in [2.75, 3.05) is 42.6 Å². The van der Waals surface area contributed by atoms with Gasteiger partial charge in [0.1, 0.15) is 0 Å². The third kappa shape index (κ3) is 4.17. The molecule has 0 aliphatic carbocycles. The van der Waals surface area contributed by atoms with E-state index in [1.54, 1.807) is 0 Å². The van der Waals surface area contributed by atoms with Gasteiger partial charge < -0.3 is 9.80 Å². The standard InChI is InChI=1S/C21H28N4O3S/c1-16-21(17(2)25(22-16)19-8-13-29(27,28)15-19)24-11-9-23(10-12-24)20(26)14-18-6-4-3-5-7-18/h3-7,19H,8-15H2,1-2H3. The van der Waals surface area contributed by atoms with Crippen molar-refractivity contribution in [3.8, 4) is 0 Å². The summed E-state index contributed by atoms with van der Waals surface area (Å²) in [7, 11) is -2.95. The molecule has 1 unspecified atom stereocenters. The van der Waals surface area contributed by atoms with Gasteiger partial charge >= 0.3 is 0 Å². The minimum Gasteiger partial charge on any atom is -0.365 e. The van der Waals surface area contributed by atoms with Crippen LogP contribution in [0.3, 0.4) is 0 Å². The van der Waals surface area contributed by atoms with Gasteiger partial charge in [-0.1, -0.05) is 30.3 Å². The fourth-order valence-electron chi connectivity index (χ4n) is 4.50. The van der Waals surface area contributed by atoms with Gasteiger partial charge in [0.25, 0.3) is 0 Å². The molecule has 1 aromatic heterocycles. The summed E-state index contributed by atoms with van der Waals surface area (Å²) in [6, 6.07) is 9.77. The second kappa shape index (κ2) is 7.82. The van der Waals surface area contributed by atoms with E-state index in [9.17, 15) is 13.2 Å². The second-order valence-electron chi connectivity index (χ2n) is 8.05. The molecule has 156 valence electrons. The maximum atomic E-state index is 12.6. The van der Waals surface area contributed by atoms with E-state index in [2.05, 4.69) is 10.00 Å². The topological polar surface area (TPSA) is 75.5 Å². The molecule has 2 fully saturated rings. The monoisotopic (exact) mass is 416 g/mol. The number of sulfone groups is 1. The first-order valence-electron chi connectivity index (χ1n) is 10.2. The lowest BCUT2D eigenvalue weighted by Gasteiger charge is -2.36. The highest BCUT2D eigenvalue weighted by Crippen LogP contribution is 2.31. The van der Waals surface area contributed by atoms with E-state index < -0.39 is 9.84 Å². The number of anilines is 1. The van der Waals surface area contributed by atoms with Gasteiger partial charge in [-0.2, -0.15) is 5.10 Å². The Kier molecular flexibility index (Phi) is 5.38. The van der Waals surface area contributed by atoms with E-state index in [0.717, 1.165) is 35.7 Å². The van der Waals surface area contributed by atoms with E-state index in [1.165, 1.54) is 0 Å². The Balaban J connectivity index is 1.42. The molecule has 2 aliphatic rings. The summed E-state index contributed by atoms with van der Waals surface area (Å²) < 4.78 is 25.6. The highest BCUT2D eigenvalue weighted by atomic mass is 32.2. The molecule has 1 aromatic carbocycles. The van der Waals surface area contributed by atoms with Gasteiger partial charge in [0.2, 0.25) is 5.91 Å². The van der Waals surface area contributed by atoms with Gasteiger partial charge in [0.05, 0.1) is 41.0 Å². The average Bonchev–Trinajstić information content (AvgIpc) is 3.21. The van der Waals surface area contributed by atoms with Crippen molar-refractivity contribution in [2.45, 2.75) is 32.7 Å². The fourth-order valence-corrected chi connectivity index (χ4v) is 6.19. The van der Waals surface area contributed by atoms with E-state index in [4.69, 9.17) is 0 Å². The van der Waals surface area contributed by atoms with Crippen LogP contribution in [0.2, 0.25) is 0 Å². The van der Waals surface area contributed by atoms with E-state index in [-0.39, 0.29) is 23.5 Å². The molecule has 4 rings (SSSR count). The number of carbonyl (C=O) groups excluding carboxylic acids is 1. The smallest absolute Gasteiger partial charge is 0.227 e. The summed E-state index contributed by atoms with van der Waals surface area (Å²) >= 11 is 0. The van der Waals surface area contributed by atoms with Crippen LogP contribution in [0, 0.1) is 13.8 Å². The number of hydrogen-bond donors (Lipinski definition) is 0. The highest BCUT2D eigenvalue weighted by molar-refractivity contribution is 7.91. The van der Waals surface area contributed by atoms with Crippen molar-refractivity contribution < 1.29 is 13.2 Å². The zero-order chi connectivity index (χ0) is 20.6. The molecule has 7 nitrogen and oxygen atoms in total. The Morgan fingerprint density at radius 2 is 1.79 bits per heavy atom. The molecule has 2 aliphatic heterocycles. The Morgan fingerprint density at radius 1 is 1.10 bits per heavy atom. The molecule has 1 amide bonds. The first kappa shape index (κ1) is 19.9. The summed E-state index contributed by atoms with van der Waals surface area (Å²) in [4.78, 5) is 16.8. The van der Waals surface area contributed by atoms with Crippen LogP contribution in [0.15, 0.2) is 30.3 Å². The molecule has 3 heterocycles. The first-order chi connectivity index (χ1) is 13.8. The fraction of sp³-hybridized carbons (Fsp3) is 0.524. The summed E-state index contributed by atoms with van der Waals surface area (Å²) in [6.45, 7) is 6.90. The van der Waals surface area contributed by atoms with Crippen LogP contribution < -0.4 is 4.90 Å². The lowest BCUT2D eigenvalue weighted by atomic mass is 10.1. The number of amides is 1. The summed E-state index contributed by atoms with van der Waals surface area (Å²) in [5.41, 5.74) is 4.08. The lowest BCUT2D eigenvalue weighted by Crippen LogP contribution is -2.49. The summed E-state index contributed by atoms with van der Waals surface area (Å²) in [5.74, 6) is 0.583. The minimum atomic E-state index is -2.95. The van der Waals surface area contributed by atoms with Crippen LogP contribution in [-0.2, 0) is 21.1 Å². The molecule has 0 spiro atoms. The second-order valence-corrected chi connectivity index (χ2v) is 10.3. The third-order valence-corrected chi connectivity index (χ3v) is 7.74. The Bertz CT molecular complexity index is 992. The zero-order valence-electron chi connectivity index (χ0n) is 17.0. The van der Waals surface area contributed by atoms with E-state index in [0.29, 0.717) is 25.9 Å². The van der Waals surface area contributed by atoms with Crippen LogP contribution in [0.25, 0.3) is 0 Å². The van der Waals surface area contributed by atoms with Crippen molar-refractivity contribution in [2.24, 2.45) is 0 Å². The number of piperazine rings is 1. The summed E-state index contributed by atoms with van der Waals surface area (Å²) in [6.07, 6.45) is 1.07. The number of nitrogens with zero attached hydrogens (tertiary/aromatic N) is 4. The first-order valence-corrected chi connectivity index (χ1v) is 12.0. The lowest BCUT2D eigenvalue weighted by molar-refractivity contribution is -0.130. The van der Waals surface area contributed by atoms with Crippen LogP contribution in [0.5, 0.6) is 0 Å². The molecule has 0 radical (unpaired) electrons. The van der Waals surface area contributed by atoms with Crippen molar-refractivity contribution in [1.82, 2.24) is 14.7 Å². The van der Waals surface area contributed by atoms with Crippen LogP contribution in [0.4, 0.5) is 5.69 Å². The van der Waals surface area contributed by atoms with Gasteiger partial charge in [0.15, 0.2) is 9.84 Å². The van der Waals surface area contributed by atoms with Crippen LogP contribution in [-0.4, -0.2) is 66.7 Å². The summed E-state index contributed by atoms with van der Waals surface area (Å²) in [5, 5.41) is 4.67. The SMILES string of the molecule is Cc1nn(C2CCS(=O)(=O)C2)c(C)c1N1CCN(C(=O)Cc2ccccc2)CC1. The largest absolute Gasteiger partial charge is 0.365 e. The molecular weight excluding hydrogens is 388 g/mol. The van der Waals surface area contributed by atoms with Crippen molar-refractivity contribution in [3.05, 3.63) is 47.3 Å². The zero-order valence-corrected chi connectivity index (χ0v) is 17.9. The van der Waals surface area contributed by atoms with E-state index >= 15 is 0 Å². The van der Waals surface area contributed by atoms with Crippen LogP contribution in [0.1, 0.15) is 29.4 Å². The van der Waals surface area contributed by atoms with E-state index in [1.807, 2.05) is 53.8 Å². The van der Waals surface area contributed by atoms with Gasteiger partial charge in [-0.15, -0.1) is 0 Å². The number of aromatic nitrogens is 2. The Hall–Kier alpha value is -2.35. The van der Waals surface area contributed by atoms with Gasteiger partial charge in [0, 0.05) is 26.2 Å². The molecule has 29 heavy (non-hydrogen) atoms. The quantitative estimate of drug-likeness (QED) is 0.759. The number of carbonyl (C=O) groups is 1. The molecule has 2 saturated heterocycles. The van der Waals surface area contributed by atoms with Crippen molar-refractivity contribution in [3.63, 3.8) is 0 Å². The normalized spacial score (nSPS) is 21.5. The number of hydrogen-bond acceptors (Lipinski definition) is 5. The van der Waals surface area contributed by atoms with Crippen molar-refractivity contribution in [1.29, 1.82) is 0 Å². The Labute approximate surface area is 172 Å². The molecule has 1 atom stereocenters. The number of benzene rings is 1. The van der Waals surface area contributed by atoms with Crippen LogP contribution >= 0.6 is 0 Å². The van der Waals surface area contributed by atoms with Gasteiger partial charge in [-0.05, 0) is 25.8 Å². The Morgan fingerprint density at radius 3 is 2.41 bits per heavy atom. The maximum Gasteiger partial charge on any atom is 0.227 e. The average molecular weight is 417 g/mol. The third-order valence-electron chi connectivity index (χ3n) is 5.99. The minimum absolute atomic E-state index is 0.0683. The number of rotatable bonds is 4. The molecule has 8 heteroatoms. The maximum absolute atomic E-state index is 12.6. The molecule has 0 saturated carbocycles. The molecule has 0 N–H and O–H groups in total. The van der Waals surface area contributed by atoms with Crippen molar-refractivity contribution >= 4 is 21.4 Å². The predicted molar refractivity (Wildman–Crippen MR) is 113 cm³/mol. The number of aryl methyl sites for hydroxylation is 1.